The van der Waals surface area contributed by atoms with Crippen molar-refractivity contribution < 1.29 is 4.74 Å². The predicted molar refractivity (Wildman–Crippen MR) is 111 cm³/mol. The van der Waals surface area contributed by atoms with Gasteiger partial charge in [-0.3, -0.25) is 0 Å². The molecule has 3 aromatic carbocycles. The first-order chi connectivity index (χ1) is 12.6. The SMILES string of the molecule is Cc1cccc(COc2ccc(Br)cc2CN[C@@H](C)c2ccccc2)c1. The second kappa shape index (κ2) is 9.02. The van der Waals surface area contributed by atoms with Crippen LogP contribution in [0.15, 0.2) is 77.3 Å². The number of halogens is 1. The Morgan fingerprint density at radius 2 is 1.77 bits per heavy atom. The number of hydrogen-bond donors (Lipinski definition) is 1. The molecule has 1 atom stereocenters. The smallest absolute Gasteiger partial charge is 0.124 e. The molecule has 0 aliphatic rings. The third-order valence-electron chi connectivity index (χ3n) is 4.40. The van der Waals surface area contributed by atoms with E-state index in [2.05, 4.69) is 89.7 Å². The third kappa shape index (κ3) is 5.20. The topological polar surface area (TPSA) is 21.3 Å². The van der Waals surface area contributed by atoms with Crippen LogP contribution in [0.1, 0.15) is 35.2 Å². The van der Waals surface area contributed by atoms with E-state index >= 15 is 0 Å². The van der Waals surface area contributed by atoms with Crippen LogP contribution in [0.4, 0.5) is 0 Å². The Hall–Kier alpha value is -2.10. The van der Waals surface area contributed by atoms with Gasteiger partial charge in [0.25, 0.3) is 0 Å². The molecule has 0 unspecified atom stereocenters. The van der Waals surface area contributed by atoms with Crippen molar-refractivity contribution in [3.8, 4) is 5.75 Å². The van der Waals surface area contributed by atoms with Crippen molar-refractivity contribution in [3.05, 3.63) is 99.5 Å². The van der Waals surface area contributed by atoms with Crippen LogP contribution in [-0.2, 0) is 13.2 Å². The molecule has 3 heteroatoms. The Morgan fingerprint density at radius 3 is 2.54 bits per heavy atom. The molecule has 0 saturated carbocycles. The minimum Gasteiger partial charge on any atom is -0.489 e. The predicted octanol–water partition coefficient (Wildman–Crippen LogP) is 6.19. The summed E-state index contributed by atoms with van der Waals surface area (Å²) in [5, 5.41) is 3.59. The molecule has 0 bridgehead atoms. The third-order valence-corrected chi connectivity index (χ3v) is 4.89. The number of ether oxygens (including phenoxy) is 1. The zero-order valence-corrected chi connectivity index (χ0v) is 16.8. The molecule has 0 heterocycles. The van der Waals surface area contributed by atoms with Crippen LogP contribution in [-0.4, -0.2) is 0 Å². The van der Waals surface area contributed by atoms with Gasteiger partial charge in [0.1, 0.15) is 12.4 Å². The van der Waals surface area contributed by atoms with Gasteiger partial charge in [0, 0.05) is 22.6 Å². The molecule has 2 nitrogen and oxygen atoms in total. The van der Waals surface area contributed by atoms with Crippen LogP contribution in [0.5, 0.6) is 5.75 Å². The molecule has 134 valence electrons. The van der Waals surface area contributed by atoms with Crippen LogP contribution < -0.4 is 10.1 Å². The van der Waals surface area contributed by atoms with Gasteiger partial charge in [0.05, 0.1) is 0 Å². The number of hydrogen-bond acceptors (Lipinski definition) is 2. The summed E-state index contributed by atoms with van der Waals surface area (Å²) in [6.45, 7) is 5.60. The van der Waals surface area contributed by atoms with Gasteiger partial charge in [-0.25, -0.2) is 0 Å². The van der Waals surface area contributed by atoms with Crippen LogP contribution in [0.2, 0.25) is 0 Å². The van der Waals surface area contributed by atoms with E-state index in [4.69, 9.17) is 4.74 Å². The Bertz CT molecular complexity index is 848. The number of rotatable bonds is 7. The highest BCUT2D eigenvalue weighted by atomic mass is 79.9. The number of aryl methyl sites for hydroxylation is 1. The van der Waals surface area contributed by atoms with Gasteiger partial charge in [-0.1, -0.05) is 76.1 Å². The molecule has 0 aromatic heterocycles. The second-order valence-electron chi connectivity index (χ2n) is 6.54. The molecule has 26 heavy (non-hydrogen) atoms. The summed E-state index contributed by atoms with van der Waals surface area (Å²) in [6, 6.07) is 25.4. The first-order valence-corrected chi connectivity index (χ1v) is 9.66. The standard InChI is InChI=1S/C23H24BrNO/c1-17-7-6-8-19(13-17)16-26-23-12-11-22(24)14-21(23)15-25-18(2)20-9-4-3-5-10-20/h3-14,18,25H,15-16H2,1-2H3/t18-/m0/s1. The van der Waals surface area contributed by atoms with Crippen molar-refractivity contribution in [1.29, 1.82) is 0 Å². The lowest BCUT2D eigenvalue weighted by Crippen LogP contribution is -2.18. The number of nitrogens with one attached hydrogen (secondary N) is 1. The van der Waals surface area contributed by atoms with Gasteiger partial charge in [0.15, 0.2) is 0 Å². The van der Waals surface area contributed by atoms with Crippen molar-refractivity contribution >= 4 is 15.9 Å². The summed E-state index contributed by atoms with van der Waals surface area (Å²) in [4.78, 5) is 0. The zero-order chi connectivity index (χ0) is 18.4. The Morgan fingerprint density at radius 1 is 0.962 bits per heavy atom. The summed E-state index contributed by atoms with van der Waals surface area (Å²) < 4.78 is 7.17. The lowest BCUT2D eigenvalue weighted by atomic mass is 10.1. The molecule has 3 aromatic rings. The zero-order valence-electron chi connectivity index (χ0n) is 15.2. The fraction of sp³-hybridized carbons (Fsp3) is 0.217. The average Bonchev–Trinajstić information content (AvgIpc) is 2.66. The van der Waals surface area contributed by atoms with E-state index in [1.807, 2.05) is 18.2 Å². The Balaban J connectivity index is 1.67. The van der Waals surface area contributed by atoms with Gasteiger partial charge in [-0.2, -0.15) is 0 Å². The molecule has 0 saturated heterocycles. The maximum atomic E-state index is 6.11. The van der Waals surface area contributed by atoms with E-state index in [9.17, 15) is 0 Å². The van der Waals surface area contributed by atoms with Gasteiger partial charge >= 0.3 is 0 Å². The maximum Gasteiger partial charge on any atom is 0.124 e. The van der Waals surface area contributed by atoms with E-state index in [0.717, 1.165) is 22.3 Å². The minimum atomic E-state index is 0.278. The molecule has 0 aliphatic carbocycles. The molecule has 3 rings (SSSR count). The monoisotopic (exact) mass is 409 g/mol. The van der Waals surface area contributed by atoms with Gasteiger partial charge in [-0.05, 0) is 43.2 Å². The normalized spacial score (nSPS) is 12.0. The van der Waals surface area contributed by atoms with E-state index < -0.39 is 0 Å². The quantitative estimate of drug-likeness (QED) is 0.502. The summed E-state index contributed by atoms with van der Waals surface area (Å²) in [5.74, 6) is 0.919. The molecule has 0 spiro atoms. The Labute approximate surface area is 164 Å². The maximum absolute atomic E-state index is 6.11. The lowest BCUT2D eigenvalue weighted by molar-refractivity contribution is 0.301. The van der Waals surface area contributed by atoms with Crippen molar-refractivity contribution in [2.45, 2.75) is 33.0 Å². The highest BCUT2D eigenvalue weighted by Crippen LogP contribution is 2.25. The summed E-state index contributed by atoms with van der Waals surface area (Å²) in [7, 11) is 0. The lowest BCUT2D eigenvalue weighted by Gasteiger charge is -2.17. The molecule has 0 aliphatic heterocycles. The van der Waals surface area contributed by atoms with Crippen molar-refractivity contribution in [2.75, 3.05) is 0 Å². The fourth-order valence-electron chi connectivity index (χ4n) is 2.91. The van der Waals surface area contributed by atoms with E-state index in [-0.39, 0.29) is 6.04 Å². The van der Waals surface area contributed by atoms with Gasteiger partial charge in [-0.15, -0.1) is 0 Å². The van der Waals surface area contributed by atoms with Crippen molar-refractivity contribution in [3.63, 3.8) is 0 Å². The summed E-state index contributed by atoms with van der Waals surface area (Å²) in [6.07, 6.45) is 0. The van der Waals surface area contributed by atoms with Crippen LogP contribution in [0.3, 0.4) is 0 Å². The Kier molecular flexibility index (Phi) is 6.48. The van der Waals surface area contributed by atoms with E-state index in [0.29, 0.717) is 6.61 Å². The highest BCUT2D eigenvalue weighted by Gasteiger charge is 2.09. The van der Waals surface area contributed by atoms with Gasteiger partial charge in [0.2, 0.25) is 0 Å². The number of benzene rings is 3. The highest BCUT2D eigenvalue weighted by molar-refractivity contribution is 9.10. The first kappa shape index (κ1) is 18.7. The molecule has 1 N–H and O–H groups in total. The molecule has 0 radical (unpaired) electrons. The van der Waals surface area contributed by atoms with Crippen molar-refractivity contribution in [1.82, 2.24) is 5.32 Å². The van der Waals surface area contributed by atoms with Crippen molar-refractivity contribution in [2.24, 2.45) is 0 Å². The van der Waals surface area contributed by atoms with Crippen LogP contribution in [0.25, 0.3) is 0 Å². The first-order valence-electron chi connectivity index (χ1n) is 8.87. The van der Waals surface area contributed by atoms with E-state index in [1.165, 1.54) is 16.7 Å². The summed E-state index contributed by atoms with van der Waals surface area (Å²) in [5.41, 5.74) is 4.87. The fourth-order valence-corrected chi connectivity index (χ4v) is 3.32. The summed E-state index contributed by atoms with van der Waals surface area (Å²) >= 11 is 3.57. The largest absolute Gasteiger partial charge is 0.489 e. The molecular formula is C23H24BrNO. The molecule has 0 fully saturated rings. The average molecular weight is 410 g/mol. The minimum absolute atomic E-state index is 0.278. The van der Waals surface area contributed by atoms with E-state index in [1.54, 1.807) is 0 Å². The molecular weight excluding hydrogens is 386 g/mol. The molecule has 0 amide bonds. The van der Waals surface area contributed by atoms with Gasteiger partial charge < -0.3 is 10.1 Å². The van der Waals surface area contributed by atoms with Crippen LogP contribution in [0, 0.1) is 6.92 Å². The van der Waals surface area contributed by atoms with Crippen LogP contribution >= 0.6 is 15.9 Å². The second-order valence-corrected chi connectivity index (χ2v) is 7.46.